The van der Waals surface area contributed by atoms with E-state index in [2.05, 4.69) is 20.1 Å². The van der Waals surface area contributed by atoms with Gasteiger partial charge in [-0.25, -0.2) is 8.78 Å². The number of ether oxygens (including phenoxy) is 4. The van der Waals surface area contributed by atoms with E-state index in [-0.39, 0.29) is 89.0 Å². The molecular weight excluding hydrogens is 867 g/mol. The van der Waals surface area contributed by atoms with Crippen molar-refractivity contribution in [2.75, 3.05) is 27.4 Å². The maximum Gasteiger partial charge on any atom is 0.387 e. The highest BCUT2D eigenvalue weighted by molar-refractivity contribution is 6.06. The van der Waals surface area contributed by atoms with Gasteiger partial charge >= 0.3 is 13.2 Å². The number of nitrogens with one attached hydrogen (secondary N) is 2. The van der Waals surface area contributed by atoms with Crippen LogP contribution in [0, 0.1) is 25.5 Å². The number of nitrogens with zero attached hydrogens (tertiary/aromatic N) is 2. The van der Waals surface area contributed by atoms with E-state index in [0.29, 0.717) is 33.3 Å². The Morgan fingerprint density at radius 2 is 1.06 bits per heavy atom. The van der Waals surface area contributed by atoms with Gasteiger partial charge < -0.3 is 34.7 Å². The second kappa shape index (κ2) is 21.6. The van der Waals surface area contributed by atoms with Crippen LogP contribution in [0.25, 0.3) is 21.8 Å². The highest BCUT2D eigenvalue weighted by Gasteiger charge is 2.26. The lowest BCUT2D eigenvalue weighted by atomic mass is 10.1. The monoisotopic (exact) mass is 912 g/mol. The lowest BCUT2D eigenvalue weighted by Crippen LogP contribution is -2.33. The molecule has 1 atom stereocenters. The number of rotatable bonds is 16. The summed E-state index contributed by atoms with van der Waals surface area (Å²) in [6, 6.07) is 15.5. The summed E-state index contributed by atoms with van der Waals surface area (Å²) in [4.78, 5) is 51.4. The zero-order valence-corrected chi connectivity index (χ0v) is 36.1. The van der Waals surface area contributed by atoms with Crippen molar-refractivity contribution in [3.63, 3.8) is 0 Å². The zero-order valence-electron chi connectivity index (χ0n) is 36.1. The van der Waals surface area contributed by atoms with Crippen molar-refractivity contribution in [1.82, 2.24) is 19.8 Å². The molecule has 346 valence electrons. The normalized spacial score (nSPS) is 11.6. The summed E-state index contributed by atoms with van der Waals surface area (Å²) < 4.78 is 99.9. The number of benzene rings is 4. The molecule has 3 N–H and O–H groups in total. The molecule has 13 nitrogen and oxygen atoms in total. The van der Waals surface area contributed by atoms with Crippen LogP contribution in [0.3, 0.4) is 0 Å². The lowest BCUT2D eigenvalue weighted by Gasteiger charge is -2.12. The van der Waals surface area contributed by atoms with E-state index in [0.717, 1.165) is 12.5 Å². The third kappa shape index (κ3) is 11.4. The van der Waals surface area contributed by atoms with E-state index in [1.807, 2.05) is 13.8 Å². The number of hydrogen-bond donors (Lipinski definition) is 3. The van der Waals surface area contributed by atoms with Crippen molar-refractivity contribution in [3.05, 3.63) is 118 Å². The number of carbonyl (C=O) groups is 4. The Bertz CT molecular complexity index is 2680. The fraction of sp³-hybridized carbons (Fsp3) is 0.304. The maximum absolute atomic E-state index is 14.5. The molecule has 65 heavy (non-hydrogen) atoms. The minimum Gasteiger partial charge on any atom is -0.494 e. The molecule has 0 aliphatic rings. The average Bonchev–Trinajstić information content (AvgIpc) is 3.68. The Kier molecular flexibility index (Phi) is 16.3. The number of amides is 2. The van der Waals surface area contributed by atoms with E-state index >= 15 is 0 Å². The molecule has 19 heteroatoms. The van der Waals surface area contributed by atoms with Gasteiger partial charge in [-0.2, -0.15) is 17.6 Å². The van der Waals surface area contributed by atoms with Crippen LogP contribution in [-0.2, 0) is 22.4 Å². The van der Waals surface area contributed by atoms with Crippen molar-refractivity contribution >= 4 is 45.4 Å². The first-order valence-electron chi connectivity index (χ1n) is 20.0. The summed E-state index contributed by atoms with van der Waals surface area (Å²) in [5.41, 5.74) is 2.76. The summed E-state index contributed by atoms with van der Waals surface area (Å²) in [6.45, 7) is 0.987. The van der Waals surface area contributed by atoms with E-state index in [1.165, 1.54) is 90.1 Å². The smallest absolute Gasteiger partial charge is 0.387 e. The Morgan fingerprint density at radius 1 is 0.662 bits per heavy atom. The minimum atomic E-state index is -3.00. The number of hydrogen-bond acceptors (Lipinski definition) is 9. The van der Waals surface area contributed by atoms with Gasteiger partial charge in [0, 0.05) is 58.0 Å². The maximum atomic E-state index is 14.5. The predicted octanol–water partition coefficient (Wildman–Crippen LogP) is 7.88. The van der Waals surface area contributed by atoms with Gasteiger partial charge in [0.15, 0.2) is 23.1 Å². The quantitative estimate of drug-likeness (QED) is 0.0822. The fourth-order valence-electron chi connectivity index (χ4n) is 7.07. The van der Waals surface area contributed by atoms with E-state index < -0.39 is 36.7 Å². The van der Waals surface area contributed by atoms with Gasteiger partial charge in [-0.05, 0) is 99.0 Å². The summed E-state index contributed by atoms with van der Waals surface area (Å²) in [5.74, 6) is -3.26. The van der Waals surface area contributed by atoms with Crippen molar-refractivity contribution in [2.24, 2.45) is 0 Å². The highest BCUT2D eigenvalue weighted by Crippen LogP contribution is 2.34. The summed E-state index contributed by atoms with van der Waals surface area (Å²) in [7, 11) is 2.63. The SMILES string of the molecule is CCC(C)NC(=O)Cc1c(C)n(C(=O)c2ccc(OC(F)F)cc2)c2cc(F)c(OC)cc12.COc1cc2c(CC(=O)NCCO)c(C)n(C(=O)c3ccc(OC(F)F)cc3)c2cc1F. The number of methoxy groups -OCH3 is 2. The molecule has 0 fully saturated rings. The number of carbonyl (C=O) groups excluding carboxylic acids is 4. The molecular formula is C46H46F6N4O9. The molecule has 2 amide bonds. The van der Waals surface area contributed by atoms with Gasteiger partial charge in [0.05, 0.1) is 44.7 Å². The van der Waals surface area contributed by atoms with Gasteiger partial charge in [0.25, 0.3) is 11.8 Å². The van der Waals surface area contributed by atoms with Crippen LogP contribution < -0.4 is 29.6 Å². The van der Waals surface area contributed by atoms with Crippen LogP contribution in [0.15, 0.2) is 72.8 Å². The van der Waals surface area contributed by atoms with Crippen LogP contribution in [0.4, 0.5) is 26.3 Å². The van der Waals surface area contributed by atoms with Crippen molar-refractivity contribution < 1.29 is 69.6 Å². The van der Waals surface area contributed by atoms with Crippen molar-refractivity contribution in [3.8, 4) is 23.0 Å². The average molecular weight is 913 g/mol. The summed E-state index contributed by atoms with van der Waals surface area (Å²) >= 11 is 0. The van der Waals surface area contributed by atoms with Gasteiger partial charge in [-0.3, -0.25) is 28.3 Å². The van der Waals surface area contributed by atoms with Crippen molar-refractivity contribution in [2.45, 2.75) is 66.2 Å². The molecule has 6 rings (SSSR count). The fourth-order valence-corrected chi connectivity index (χ4v) is 7.07. The first-order chi connectivity index (χ1) is 30.9. The van der Waals surface area contributed by atoms with E-state index in [4.69, 9.17) is 14.6 Å². The van der Waals surface area contributed by atoms with Crippen LogP contribution in [0.1, 0.15) is 63.5 Å². The molecule has 2 aromatic heterocycles. The molecule has 0 aliphatic carbocycles. The Hall–Kier alpha value is -7.02. The molecule has 0 bridgehead atoms. The van der Waals surface area contributed by atoms with Gasteiger partial charge in [0.1, 0.15) is 11.5 Å². The molecule has 2 heterocycles. The van der Waals surface area contributed by atoms with E-state index in [1.54, 1.807) is 13.8 Å². The Balaban J connectivity index is 0.000000244. The number of aromatic nitrogens is 2. The summed E-state index contributed by atoms with van der Waals surface area (Å²) in [5, 5.41) is 15.3. The number of aliphatic hydroxyl groups excluding tert-OH is 1. The molecule has 0 radical (unpaired) electrons. The molecule has 0 aliphatic heterocycles. The highest BCUT2D eigenvalue weighted by atomic mass is 19.3. The third-order valence-corrected chi connectivity index (χ3v) is 10.4. The second-order valence-electron chi connectivity index (χ2n) is 14.5. The Morgan fingerprint density at radius 3 is 1.42 bits per heavy atom. The molecule has 0 saturated heterocycles. The summed E-state index contributed by atoms with van der Waals surface area (Å²) in [6.07, 6.45) is 0.636. The van der Waals surface area contributed by atoms with Gasteiger partial charge in [0.2, 0.25) is 11.8 Å². The first-order valence-corrected chi connectivity index (χ1v) is 20.0. The Labute approximate surface area is 368 Å². The predicted molar refractivity (Wildman–Crippen MR) is 227 cm³/mol. The van der Waals surface area contributed by atoms with Crippen LogP contribution in [-0.4, -0.2) is 84.5 Å². The van der Waals surface area contributed by atoms with Gasteiger partial charge in [-0.1, -0.05) is 6.92 Å². The third-order valence-electron chi connectivity index (χ3n) is 10.4. The van der Waals surface area contributed by atoms with Crippen molar-refractivity contribution in [1.29, 1.82) is 0 Å². The standard InChI is InChI=1S/C24H25F3N2O4.C22H21F3N2O5/c1-5-13(2)28-22(30)11-17-14(3)29(20-12-19(25)21(32-4)10-18(17)20)23(31)15-6-8-16(9-7-15)33-24(26)27;1-12-15(10-20(29)26-7-8-28)16-9-19(31-2)17(23)11-18(16)27(12)21(30)13-3-5-14(6-4-13)32-22(24)25/h6-10,12-13,24H,5,11H2,1-4H3,(H,28,30);3-6,9,11,22,28H,7-8,10H2,1-2H3,(H,26,29). The largest absolute Gasteiger partial charge is 0.494 e. The van der Waals surface area contributed by atoms with Crippen LogP contribution in [0.5, 0.6) is 23.0 Å². The molecule has 0 saturated carbocycles. The zero-order chi connectivity index (χ0) is 47.7. The number of fused-ring (bicyclic) bond motifs is 2. The van der Waals surface area contributed by atoms with Crippen LogP contribution in [0.2, 0.25) is 0 Å². The van der Waals surface area contributed by atoms with Crippen LogP contribution >= 0.6 is 0 Å². The number of aliphatic hydroxyl groups is 1. The first kappa shape index (κ1) is 49.0. The number of halogens is 6. The number of alkyl halides is 4. The van der Waals surface area contributed by atoms with Gasteiger partial charge in [-0.15, -0.1) is 0 Å². The molecule has 4 aromatic carbocycles. The van der Waals surface area contributed by atoms with E-state index in [9.17, 15) is 45.5 Å². The lowest BCUT2D eigenvalue weighted by molar-refractivity contribution is -0.121. The molecule has 1 unspecified atom stereocenters. The molecule has 6 aromatic rings. The second-order valence-corrected chi connectivity index (χ2v) is 14.5. The molecule has 0 spiro atoms. The minimum absolute atomic E-state index is 0.0100. The topological polar surface area (TPSA) is 159 Å².